The second kappa shape index (κ2) is 4.77. The van der Waals surface area contributed by atoms with Crippen LogP contribution in [-0.4, -0.2) is 24.7 Å². The van der Waals surface area contributed by atoms with Crippen molar-refractivity contribution >= 4 is 12.0 Å². The number of aryl methyl sites for hydroxylation is 1. The third-order valence-electron chi connectivity index (χ3n) is 2.85. The van der Waals surface area contributed by atoms with Gasteiger partial charge in [-0.15, -0.1) is 0 Å². The molecule has 1 aromatic rings. The summed E-state index contributed by atoms with van der Waals surface area (Å²) in [6, 6.07) is 0. The van der Waals surface area contributed by atoms with Gasteiger partial charge < -0.3 is 9.88 Å². The first kappa shape index (κ1) is 12.2. The highest BCUT2D eigenvalue weighted by Crippen LogP contribution is 2.21. The molecule has 0 atom stereocenters. The van der Waals surface area contributed by atoms with Crippen LogP contribution in [0.5, 0.6) is 0 Å². The van der Waals surface area contributed by atoms with Crippen LogP contribution in [0.15, 0.2) is 4.79 Å². The van der Waals surface area contributed by atoms with E-state index in [1.54, 1.807) is 0 Å². The van der Waals surface area contributed by atoms with E-state index in [4.69, 9.17) is 9.59 Å². The number of anilines is 1. The zero-order chi connectivity index (χ0) is 12.3. The lowest BCUT2D eigenvalue weighted by atomic mass is 10.1. The highest BCUT2D eigenvalue weighted by atomic mass is 16.2. The van der Waals surface area contributed by atoms with Crippen LogP contribution < -0.4 is 10.3 Å². The van der Waals surface area contributed by atoms with Crippen molar-refractivity contribution in [2.45, 2.75) is 20.3 Å². The second-order valence-corrected chi connectivity index (χ2v) is 3.79. The molecule has 0 spiro atoms. The molecule has 1 aliphatic heterocycles. The monoisotopic (exact) mass is 222 g/mol. The van der Waals surface area contributed by atoms with E-state index in [1.165, 1.54) is 0 Å². The molecule has 0 saturated carbocycles. The third-order valence-corrected chi connectivity index (χ3v) is 2.85. The van der Waals surface area contributed by atoms with Crippen molar-refractivity contribution in [2.24, 2.45) is 0 Å². The van der Waals surface area contributed by atoms with Crippen LogP contribution in [0.2, 0.25) is 0 Å². The van der Waals surface area contributed by atoms with Crippen molar-refractivity contribution in [3.63, 3.8) is 0 Å². The summed E-state index contributed by atoms with van der Waals surface area (Å²) in [5, 5.41) is 0. The Morgan fingerprint density at radius 2 is 1.88 bits per heavy atom. The Kier molecular flexibility index (Phi) is 3.64. The number of H-pyrrole nitrogens is 1. The van der Waals surface area contributed by atoms with E-state index in [0.29, 0.717) is 0 Å². The summed E-state index contributed by atoms with van der Waals surface area (Å²) < 4.78 is 0. The molecule has 0 unspecified atom stereocenters. The number of hydrogen-bond acceptors (Lipinski definition) is 4. The lowest BCUT2D eigenvalue weighted by Gasteiger charge is -2.12. The Hall–Kier alpha value is -1.87. The lowest BCUT2D eigenvalue weighted by Crippen LogP contribution is -2.17. The third kappa shape index (κ3) is 2.04. The van der Waals surface area contributed by atoms with Crippen molar-refractivity contribution in [1.82, 2.24) is 4.98 Å². The summed E-state index contributed by atoms with van der Waals surface area (Å²) >= 11 is 0. The van der Waals surface area contributed by atoms with Gasteiger partial charge in [0.15, 0.2) is 5.43 Å². The maximum Gasteiger partial charge on any atom is 0.373 e. The van der Waals surface area contributed by atoms with Gasteiger partial charge in [0, 0.05) is 30.4 Å². The van der Waals surface area contributed by atoms with Crippen molar-refractivity contribution in [1.29, 1.82) is 0 Å². The largest absolute Gasteiger partial charge is 0.373 e. The van der Waals surface area contributed by atoms with Crippen molar-refractivity contribution in [3.8, 4) is 0 Å². The summed E-state index contributed by atoms with van der Waals surface area (Å²) in [5.74, 6) is 1.01. The highest BCUT2D eigenvalue weighted by molar-refractivity contribution is 5.53. The van der Waals surface area contributed by atoms with E-state index in [-0.39, 0.29) is 11.6 Å². The van der Waals surface area contributed by atoms with Gasteiger partial charge in [-0.25, -0.2) is 0 Å². The molecular weight excluding hydrogens is 208 g/mol. The van der Waals surface area contributed by atoms with E-state index in [9.17, 15) is 4.79 Å². The summed E-state index contributed by atoms with van der Waals surface area (Å²) in [4.78, 5) is 33.4. The van der Waals surface area contributed by atoms with Crippen LogP contribution in [0, 0.1) is 13.8 Å². The number of fused-ring (bicyclic) bond motifs is 1. The minimum Gasteiger partial charge on any atom is -0.361 e. The van der Waals surface area contributed by atoms with E-state index in [0.717, 1.165) is 35.6 Å². The fourth-order valence-electron chi connectivity index (χ4n) is 1.80. The van der Waals surface area contributed by atoms with Crippen molar-refractivity contribution in [2.75, 3.05) is 18.5 Å². The molecule has 1 aromatic heterocycles. The number of nitrogens with zero attached hydrogens (tertiary/aromatic N) is 1. The van der Waals surface area contributed by atoms with Crippen molar-refractivity contribution in [3.05, 3.63) is 27.0 Å². The standard InChI is InChI=1S/C10H14N2O.CO2/c1-6-7(2)11-10-8(9(6)13)4-5-12(10)3;2-1-3/h4-5H2,1-3H3,(H,11,13);. The Labute approximate surface area is 93.1 Å². The van der Waals surface area contributed by atoms with Crippen LogP contribution >= 0.6 is 0 Å². The number of likely N-dealkylation sites (N-methyl/N-ethyl adjacent to an activating group) is 1. The molecule has 0 aromatic carbocycles. The lowest BCUT2D eigenvalue weighted by molar-refractivity contribution is -0.191. The number of pyridine rings is 1. The molecule has 0 radical (unpaired) electrons. The summed E-state index contributed by atoms with van der Waals surface area (Å²) in [6.07, 6.45) is 1.13. The van der Waals surface area contributed by atoms with Crippen LogP contribution in [0.1, 0.15) is 16.8 Å². The first-order valence-corrected chi connectivity index (χ1v) is 4.95. The van der Waals surface area contributed by atoms with Gasteiger partial charge in [0.2, 0.25) is 0 Å². The number of nitrogens with one attached hydrogen (secondary N) is 1. The Bertz CT molecular complexity index is 485. The molecule has 0 fully saturated rings. The maximum absolute atomic E-state index is 11.8. The maximum atomic E-state index is 11.8. The van der Waals surface area contributed by atoms with Crippen molar-refractivity contribution < 1.29 is 9.59 Å². The van der Waals surface area contributed by atoms with Gasteiger partial charge in [-0.05, 0) is 20.3 Å². The minimum absolute atomic E-state index is 0.218. The van der Waals surface area contributed by atoms with Crippen LogP contribution in [-0.2, 0) is 16.0 Å². The first-order chi connectivity index (χ1) is 7.52. The molecule has 1 N–H and O–H groups in total. The summed E-state index contributed by atoms with van der Waals surface area (Å²) in [7, 11) is 2.01. The molecular formula is C11H14N2O3. The van der Waals surface area contributed by atoms with Gasteiger partial charge in [-0.2, -0.15) is 9.59 Å². The number of rotatable bonds is 0. The Balaban J connectivity index is 0.000000386. The molecule has 0 amide bonds. The van der Waals surface area contributed by atoms with Gasteiger partial charge in [-0.3, -0.25) is 4.79 Å². The number of hydrogen-bond donors (Lipinski definition) is 1. The average Bonchev–Trinajstić information content (AvgIpc) is 2.59. The summed E-state index contributed by atoms with van der Waals surface area (Å²) in [5.41, 5.74) is 3.01. The van der Waals surface area contributed by atoms with Gasteiger partial charge >= 0.3 is 6.15 Å². The summed E-state index contributed by atoms with van der Waals surface area (Å²) in [6.45, 7) is 4.78. The second-order valence-electron chi connectivity index (χ2n) is 3.79. The molecule has 2 rings (SSSR count). The zero-order valence-electron chi connectivity index (χ0n) is 9.59. The molecule has 0 aliphatic carbocycles. The minimum atomic E-state index is 0.218. The zero-order valence-corrected chi connectivity index (χ0v) is 9.59. The molecule has 0 saturated heterocycles. The predicted molar refractivity (Wildman–Crippen MR) is 58.5 cm³/mol. The van der Waals surface area contributed by atoms with Crippen LogP contribution in [0.25, 0.3) is 0 Å². The number of carbonyl (C=O) groups excluding carboxylic acids is 2. The number of aromatic nitrogens is 1. The van der Waals surface area contributed by atoms with Gasteiger partial charge in [0.1, 0.15) is 5.82 Å². The molecule has 86 valence electrons. The molecule has 16 heavy (non-hydrogen) atoms. The van der Waals surface area contributed by atoms with Crippen LogP contribution in [0.3, 0.4) is 0 Å². The fraction of sp³-hybridized carbons (Fsp3) is 0.455. The van der Waals surface area contributed by atoms with E-state index >= 15 is 0 Å². The van der Waals surface area contributed by atoms with E-state index < -0.39 is 0 Å². The molecule has 2 heterocycles. The predicted octanol–water partition coefficient (Wildman–Crippen LogP) is 0.401. The Morgan fingerprint density at radius 3 is 2.44 bits per heavy atom. The van der Waals surface area contributed by atoms with Gasteiger partial charge in [-0.1, -0.05) is 0 Å². The SMILES string of the molecule is Cc1[nH]c2c(c(=O)c1C)CCN2C.O=C=O. The molecule has 1 aliphatic rings. The average molecular weight is 222 g/mol. The number of aromatic amines is 1. The smallest absolute Gasteiger partial charge is 0.361 e. The topological polar surface area (TPSA) is 70.2 Å². The molecule has 5 nitrogen and oxygen atoms in total. The molecule has 0 bridgehead atoms. The quantitative estimate of drug-likeness (QED) is 0.689. The van der Waals surface area contributed by atoms with Gasteiger partial charge in [0.05, 0.1) is 0 Å². The Morgan fingerprint density at radius 1 is 1.31 bits per heavy atom. The van der Waals surface area contributed by atoms with E-state index in [1.807, 2.05) is 20.9 Å². The van der Waals surface area contributed by atoms with E-state index in [2.05, 4.69) is 9.88 Å². The molecule has 5 heteroatoms. The van der Waals surface area contributed by atoms with Gasteiger partial charge in [0.25, 0.3) is 0 Å². The fourth-order valence-corrected chi connectivity index (χ4v) is 1.80. The van der Waals surface area contributed by atoms with Crippen LogP contribution in [0.4, 0.5) is 5.82 Å². The normalized spacial score (nSPS) is 12.6. The highest BCUT2D eigenvalue weighted by Gasteiger charge is 2.20. The first-order valence-electron chi connectivity index (χ1n) is 4.95.